The molecular formula is C17H26F2N2O3. The number of ether oxygens (including phenoxy) is 2. The minimum atomic E-state index is -3.05. The van der Waals surface area contributed by atoms with Crippen molar-refractivity contribution in [3.8, 4) is 11.5 Å². The number of alkyl halides is 2. The van der Waals surface area contributed by atoms with Crippen LogP contribution in [0.1, 0.15) is 31.1 Å². The molecule has 1 rings (SSSR count). The standard InChI is InChI=1S/C17H26F2N2O3/c1-11(17(2,3)10-21(4)5)20-15(22)12-8-7-9-13(23-6)14(12)24-16(18)19/h7-9,11,16H,10H2,1-6H3,(H,20,22)/t11-/m1/s1. The lowest BCUT2D eigenvalue weighted by Gasteiger charge is -2.35. The van der Waals surface area contributed by atoms with Crippen LogP contribution < -0.4 is 14.8 Å². The van der Waals surface area contributed by atoms with Crippen LogP contribution in [0, 0.1) is 5.41 Å². The zero-order valence-corrected chi connectivity index (χ0v) is 15.0. The Kier molecular flexibility index (Phi) is 6.95. The topological polar surface area (TPSA) is 50.8 Å². The molecule has 0 heterocycles. The number of hydrogen-bond acceptors (Lipinski definition) is 4. The van der Waals surface area contributed by atoms with Crippen LogP contribution in [0.4, 0.5) is 8.78 Å². The quantitative estimate of drug-likeness (QED) is 0.788. The molecule has 0 saturated carbocycles. The molecule has 1 N–H and O–H groups in total. The fourth-order valence-corrected chi connectivity index (χ4v) is 2.49. The smallest absolute Gasteiger partial charge is 0.387 e. The normalized spacial score (nSPS) is 13.1. The Morgan fingerprint density at radius 2 is 1.96 bits per heavy atom. The van der Waals surface area contributed by atoms with Crippen molar-refractivity contribution in [3.05, 3.63) is 23.8 Å². The van der Waals surface area contributed by atoms with Crippen LogP contribution in [0.3, 0.4) is 0 Å². The molecule has 0 aliphatic carbocycles. The lowest BCUT2D eigenvalue weighted by Crippen LogP contribution is -2.47. The number of amides is 1. The van der Waals surface area contributed by atoms with Crippen molar-refractivity contribution < 1.29 is 23.0 Å². The molecule has 7 heteroatoms. The number of nitrogens with zero attached hydrogens (tertiary/aromatic N) is 1. The maximum atomic E-state index is 12.7. The SMILES string of the molecule is COc1cccc(C(=O)N[C@H](C)C(C)(C)CN(C)C)c1OC(F)F. The van der Waals surface area contributed by atoms with Crippen LogP contribution in [0.25, 0.3) is 0 Å². The number of rotatable bonds is 8. The highest BCUT2D eigenvalue weighted by Crippen LogP contribution is 2.33. The van der Waals surface area contributed by atoms with Gasteiger partial charge in [-0.15, -0.1) is 0 Å². The van der Waals surface area contributed by atoms with Gasteiger partial charge in [0, 0.05) is 12.6 Å². The molecule has 0 aliphatic rings. The minimum absolute atomic E-state index is 0.0159. The van der Waals surface area contributed by atoms with Gasteiger partial charge < -0.3 is 19.7 Å². The fourth-order valence-electron chi connectivity index (χ4n) is 2.49. The number of nitrogens with one attached hydrogen (secondary N) is 1. The molecule has 0 saturated heterocycles. The van der Waals surface area contributed by atoms with E-state index in [1.807, 2.05) is 39.8 Å². The second kappa shape index (κ2) is 8.28. The monoisotopic (exact) mass is 344 g/mol. The molecule has 24 heavy (non-hydrogen) atoms. The van der Waals surface area contributed by atoms with Crippen molar-refractivity contribution in [2.45, 2.75) is 33.4 Å². The van der Waals surface area contributed by atoms with Crippen molar-refractivity contribution >= 4 is 5.91 Å². The molecule has 0 bridgehead atoms. The van der Waals surface area contributed by atoms with Gasteiger partial charge in [-0.25, -0.2) is 0 Å². The molecule has 1 amide bonds. The Morgan fingerprint density at radius 1 is 1.33 bits per heavy atom. The van der Waals surface area contributed by atoms with Gasteiger partial charge in [0.2, 0.25) is 0 Å². The number of hydrogen-bond donors (Lipinski definition) is 1. The minimum Gasteiger partial charge on any atom is -0.493 e. The molecule has 0 spiro atoms. The highest BCUT2D eigenvalue weighted by atomic mass is 19.3. The molecule has 0 fully saturated rings. The summed E-state index contributed by atoms with van der Waals surface area (Å²) in [6.45, 7) is 3.65. The van der Waals surface area contributed by atoms with Crippen molar-refractivity contribution in [1.82, 2.24) is 10.2 Å². The Balaban J connectivity index is 3.03. The van der Waals surface area contributed by atoms with Gasteiger partial charge >= 0.3 is 6.61 Å². The summed E-state index contributed by atoms with van der Waals surface area (Å²) in [5.41, 5.74) is -0.191. The molecule has 1 aromatic carbocycles. The van der Waals surface area contributed by atoms with E-state index in [4.69, 9.17) is 4.74 Å². The Morgan fingerprint density at radius 3 is 2.46 bits per heavy atom. The first-order chi connectivity index (χ1) is 11.1. The summed E-state index contributed by atoms with van der Waals surface area (Å²) in [6, 6.07) is 4.27. The molecule has 0 aromatic heterocycles. The van der Waals surface area contributed by atoms with Crippen LogP contribution in [0.5, 0.6) is 11.5 Å². The number of halogens is 2. The van der Waals surface area contributed by atoms with Gasteiger partial charge in [-0.1, -0.05) is 19.9 Å². The number of para-hydroxylation sites is 1. The van der Waals surface area contributed by atoms with E-state index < -0.39 is 12.5 Å². The van der Waals surface area contributed by atoms with Crippen molar-refractivity contribution in [2.24, 2.45) is 5.41 Å². The average Bonchev–Trinajstić information content (AvgIpc) is 2.45. The average molecular weight is 344 g/mol. The molecule has 0 radical (unpaired) electrons. The van der Waals surface area contributed by atoms with Crippen LogP contribution in [-0.4, -0.2) is 51.2 Å². The fraction of sp³-hybridized carbons (Fsp3) is 0.588. The van der Waals surface area contributed by atoms with Crippen LogP contribution in [0.15, 0.2) is 18.2 Å². The number of carbonyl (C=O) groups excluding carboxylic acids is 1. The Labute approximate surface area is 141 Å². The summed E-state index contributed by atoms with van der Waals surface area (Å²) in [4.78, 5) is 14.6. The molecule has 5 nitrogen and oxygen atoms in total. The summed E-state index contributed by atoms with van der Waals surface area (Å²) in [5.74, 6) is -0.655. The number of carbonyl (C=O) groups is 1. The lowest BCUT2D eigenvalue weighted by molar-refractivity contribution is -0.0515. The number of benzene rings is 1. The van der Waals surface area contributed by atoms with Gasteiger partial charge in [-0.2, -0.15) is 8.78 Å². The largest absolute Gasteiger partial charge is 0.493 e. The molecular weight excluding hydrogens is 318 g/mol. The lowest BCUT2D eigenvalue weighted by atomic mass is 9.84. The van der Waals surface area contributed by atoms with E-state index in [1.54, 1.807) is 6.07 Å². The zero-order chi connectivity index (χ0) is 18.5. The maximum absolute atomic E-state index is 12.7. The van der Waals surface area contributed by atoms with Gasteiger partial charge in [-0.3, -0.25) is 4.79 Å². The summed E-state index contributed by atoms with van der Waals surface area (Å²) < 4.78 is 34.8. The summed E-state index contributed by atoms with van der Waals surface area (Å²) in [5, 5.41) is 2.86. The molecule has 1 aromatic rings. The van der Waals surface area contributed by atoms with E-state index >= 15 is 0 Å². The van der Waals surface area contributed by atoms with Gasteiger partial charge in [0.15, 0.2) is 11.5 Å². The first-order valence-corrected chi connectivity index (χ1v) is 7.66. The van der Waals surface area contributed by atoms with E-state index in [2.05, 4.69) is 10.1 Å². The van der Waals surface area contributed by atoms with Gasteiger partial charge in [0.25, 0.3) is 5.91 Å². The first-order valence-electron chi connectivity index (χ1n) is 7.66. The predicted molar refractivity (Wildman–Crippen MR) is 88.9 cm³/mol. The van der Waals surface area contributed by atoms with Gasteiger partial charge in [-0.05, 0) is 38.6 Å². The Bertz CT molecular complexity index is 563. The molecule has 1 atom stereocenters. The predicted octanol–water partition coefficient (Wildman–Crippen LogP) is 3.00. The third-order valence-corrected chi connectivity index (χ3v) is 3.89. The number of methoxy groups -OCH3 is 1. The molecule has 0 aliphatic heterocycles. The van der Waals surface area contributed by atoms with Crippen molar-refractivity contribution in [1.29, 1.82) is 0 Å². The summed E-state index contributed by atoms with van der Waals surface area (Å²) in [7, 11) is 5.23. The van der Waals surface area contributed by atoms with Gasteiger partial charge in [0.05, 0.1) is 12.7 Å². The zero-order valence-electron chi connectivity index (χ0n) is 15.0. The highest BCUT2D eigenvalue weighted by molar-refractivity contribution is 5.98. The second-order valence-corrected chi connectivity index (χ2v) is 6.64. The van der Waals surface area contributed by atoms with E-state index in [0.717, 1.165) is 6.54 Å². The summed E-state index contributed by atoms with van der Waals surface area (Å²) in [6.07, 6.45) is 0. The van der Waals surface area contributed by atoms with E-state index in [1.165, 1.54) is 19.2 Å². The third-order valence-electron chi connectivity index (χ3n) is 3.89. The molecule has 0 unspecified atom stereocenters. The van der Waals surface area contributed by atoms with Crippen molar-refractivity contribution in [3.63, 3.8) is 0 Å². The van der Waals surface area contributed by atoms with Crippen LogP contribution in [0.2, 0.25) is 0 Å². The van der Waals surface area contributed by atoms with Crippen LogP contribution in [-0.2, 0) is 0 Å². The van der Waals surface area contributed by atoms with E-state index in [0.29, 0.717) is 0 Å². The van der Waals surface area contributed by atoms with Crippen LogP contribution >= 0.6 is 0 Å². The van der Waals surface area contributed by atoms with Gasteiger partial charge in [0.1, 0.15) is 0 Å². The second-order valence-electron chi connectivity index (χ2n) is 6.64. The highest BCUT2D eigenvalue weighted by Gasteiger charge is 2.29. The van der Waals surface area contributed by atoms with E-state index in [9.17, 15) is 13.6 Å². The van der Waals surface area contributed by atoms with Crippen molar-refractivity contribution in [2.75, 3.05) is 27.7 Å². The third kappa shape index (κ3) is 5.33. The first kappa shape index (κ1) is 20.2. The maximum Gasteiger partial charge on any atom is 0.387 e. The summed E-state index contributed by atoms with van der Waals surface area (Å²) >= 11 is 0. The molecule has 136 valence electrons. The Hall–Kier alpha value is -1.89. The van der Waals surface area contributed by atoms with E-state index in [-0.39, 0.29) is 28.5 Å².